The van der Waals surface area contributed by atoms with Gasteiger partial charge in [0, 0.05) is 23.9 Å². The molecule has 0 radical (unpaired) electrons. The van der Waals surface area contributed by atoms with Gasteiger partial charge in [0.1, 0.15) is 0 Å². The van der Waals surface area contributed by atoms with Crippen molar-refractivity contribution in [2.45, 2.75) is 26.8 Å². The van der Waals surface area contributed by atoms with Crippen LogP contribution in [0.25, 0.3) is 0 Å². The minimum absolute atomic E-state index is 0.140. The van der Waals surface area contributed by atoms with Gasteiger partial charge in [-0.05, 0) is 37.5 Å². The molecule has 0 fully saturated rings. The SMILES string of the molecule is Cc1ccc(C(C)Nc2cc(F)c(F)c(F)c2)cc1C. The lowest BCUT2D eigenvalue weighted by Gasteiger charge is -2.17. The Hall–Kier alpha value is -1.97. The Labute approximate surface area is 116 Å². The van der Waals surface area contributed by atoms with Crippen molar-refractivity contribution in [3.8, 4) is 0 Å². The normalized spacial score (nSPS) is 12.3. The first kappa shape index (κ1) is 14.4. The van der Waals surface area contributed by atoms with Crippen molar-refractivity contribution < 1.29 is 13.2 Å². The Morgan fingerprint density at radius 3 is 2.05 bits per heavy atom. The topological polar surface area (TPSA) is 12.0 Å². The Bertz CT molecular complexity index is 615. The molecule has 0 bridgehead atoms. The monoisotopic (exact) mass is 279 g/mol. The average molecular weight is 279 g/mol. The van der Waals surface area contributed by atoms with E-state index in [1.54, 1.807) is 0 Å². The lowest BCUT2D eigenvalue weighted by molar-refractivity contribution is 0.447. The summed E-state index contributed by atoms with van der Waals surface area (Å²) in [6.45, 7) is 5.90. The summed E-state index contributed by atoms with van der Waals surface area (Å²) in [5.41, 5.74) is 3.54. The lowest BCUT2D eigenvalue weighted by atomic mass is 10.0. The van der Waals surface area contributed by atoms with Crippen molar-refractivity contribution >= 4 is 5.69 Å². The Kier molecular flexibility index (Phi) is 4.02. The molecule has 0 aliphatic heterocycles. The summed E-state index contributed by atoms with van der Waals surface area (Å²) in [5.74, 6) is -3.84. The van der Waals surface area contributed by atoms with E-state index in [1.165, 1.54) is 5.56 Å². The van der Waals surface area contributed by atoms with Crippen LogP contribution >= 0.6 is 0 Å². The molecule has 1 N–H and O–H groups in total. The highest BCUT2D eigenvalue weighted by Crippen LogP contribution is 2.24. The van der Waals surface area contributed by atoms with Gasteiger partial charge < -0.3 is 5.32 Å². The zero-order valence-corrected chi connectivity index (χ0v) is 11.6. The van der Waals surface area contributed by atoms with Gasteiger partial charge in [-0.15, -0.1) is 0 Å². The number of halogens is 3. The van der Waals surface area contributed by atoms with E-state index in [4.69, 9.17) is 0 Å². The fourth-order valence-electron chi connectivity index (χ4n) is 2.01. The third-order valence-electron chi connectivity index (χ3n) is 3.40. The van der Waals surface area contributed by atoms with E-state index in [-0.39, 0.29) is 11.7 Å². The average Bonchev–Trinajstić information content (AvgIpc) is 2.39. The quantitative estimate of drug-likeness (QED) is 0.788. The van der Waals surface area contributed by atoms with E-state index in [1.807, 2.05) is 39.0 Å². The number of hydrogen-bond donors (Lipinski definition) is 1. The number of rotatable bonds is 3. The summed E-state index contributed by atoms with van der Waals surface area (Å²) in [6, 6.07) is 7.73. The smallest absolute Gasteiger partial charge is 0.194 e. The van der Waals surface area contributed by atoms with Gasteiger partial charge in [0.15, 0.2) is 17.5 Å². The van der Waals surface area contributed by atoms with Gasteiger partial charge in [0.2, 0.25) is 0 Å². The summed E-state index contributed by atoms with van der Waals surface area (Å²) in [7, 11) is 0. The van der Waals surface area contributed by atoms with Crippen molar-refractivity contribution in [1.82, 2.24) is 0 Å². The molecule has 2 aromatic rings. The van der Waals surface area contributed by atoms with Crippen LogP contribution in [0.3, 0.4) is 0 Å². The first-order chi connectivity index (χ1) is 9.38. The van der Waals surface area contributed by atoms with Gasteiger partial charge in [-0.3, -0.25) is 0 Å². The molecule has 20 heavy (non-hydrogen) atoms. The predicted octanol–water partition coefficient (Wildman–Crippen LogP) is 4.89. The van der Waals surface area contributed by atoms with E-state index in [0.717, 1.165) is 23.3 Å². The van der Waals surface area contributed by atoms with Gasteiger partial charge in [0.05, 0.1) is 0 Å². The summed E-state index contributed by atoms with van der Waals surface area (Å²) in [5, 5.41) is 2.97. The van der Waals surface area contributed by atoms with Gasteiger partial charge in [-0.1, -0.05) is 18.2 Å². The molecule has 0 aromatic heterocycles. The van der Waals surface area contributed by atoms with Crippen LogP contribution in [0, 0.1) is 31.3 Å². The van der Waals surface area contributed by atoms with Crippen LogP contribution in [0.2, 0.25) is 0 Å². The minimum atomic E-state index is -1.45. The van der Waals surface area contributed by atoms with Gasteiger partial charge in [-0.2, -0.15) is 0 Å². The van der Waals surface area contributed by atoms with Crippen molar-refractivity contribution in [2.24, 2.45) is 0 Å². The van der Waals surface area contributed by atoms with Crippen LogP contribution in [0.4, 0.5) is 18.9 Å². The van der Waals surface area contributed by atoms with Crippen LogP contribution < -0.4 is 5.32 Å². The highest BCUT2D eigenvalue weighted by atomic mass is 19.2. The molecule has 106 valence electrons. The van der Waals surface area contributed by atoms with E-state index in [2.05, 4.69) is 5.32 Å². The number of benzene rings is 2. The molecule has 0 saturated heterocycles. The maximum atomic E-state index is 13.2. The number of aryl methyl sites for hydroxylation is 2. The fraction of sp³-hybridized carbons (Fsp3) is 0.250. The Morgan fingerprint density at radius 1 is 0.900 bits per heavy atom. The van der Waals surface area contributed by atoms with Crippen molar-refractivity contribution in [3.05, 3.63) is 64.5 Å². The predicted molar refractivity (Wildman–Crippen MR) is 74.3 cm³/mol. The van der Waals surface area contributed by atoms with Crippen molar-refractivity contribution in [2.75, 3.05) is 5.32 Å². The molecule has 2 rings (SSSR count). The van der Waals surface area contributed by atoms with Gasteiger partial charge >= 0.3 is 0 Å². The molecular formula is C16H16F3N. The zero-order valence-electron chi connectivity index (χ0n) is 11.6. The van der Waals surface area contributed by atoms with Crippen molar-refractivity contribution in [3.63, 3.8) is 0 Å². The molecule has 1 atom stereocenters. The minimum Gasteiger partial charge on any atom is -0.378 e. The second kappa shape index (κ2) is 5.57. The Balaban J connectivity index is 2.23. The zero-order chi connectivity index (χ0) is 14.9. The first-order valence-electron chi connectivity index (χ1n) is 6.36. The molecular weight excluding hydrogens is 263 g/mol. The standard InChI is InChI=1S/C16H16F3N/c1-9-4-5-12(6-10(9)2)11(3)20-13-7-14(17)16(19)15(18)8-13/h4-8,11,20H,1-3H3. The summed E-state index contributed by atoms with van der Waals surface area (Å²) < 4.78 is 39.2. The number of hydrogen-bond acceptors (Lipinski definition) is 1. The highest BCUT2D eigenvalue weighted by molar-refractivity contribution is 5.47. The largest absolute Gasteiger partial charge is 0.378 e. The number of anilines is 1. The molecule has 0 amide bonds. The Morgan fingerprint density at radius 2 is 1.50 bits per heavy atom. The second-order valence-electron chi connectivity index (χ2n) is 4.96. The van der Waals surface area contributed by atoms with E-state index < -0.39 is 17.5 Å². The van der Waals surface area contributed by atoms with Crippen LogP contribution in [0.1, 0.15) is 29.7 Å². The highest BCUT2D eigenvalue weighted by Gasteiger charge is 2.12. The molecule has 4 heteroatoms. The van der Waals surface area contributed by atoms with E-state index in [9.17, 15) is 13.2 Å². The molecule has 0 heterocycles. The summed E-state index contributed by atoms with van der Waals surface area (Å²) >= 11 is 0. The van der Waals surface area contributed by atoms with Crippen LogP contribution in [-0.4, -0.2) is 0 Å². The van der Waals surface area contributed by atoms with E-state index in [0.29, 0.717) is 0 Å². The summed E-state index contributed by atoms with van der Waals surface area (Å²) in [6.07, 6.45) is 0. The molecule has 0 aliphatic rings. The molecule has 2 aromatic carbocycles. The van der Waals surface area contributed by atoms with E-state index >= 15 is 0 Å². The lowest BCUT2D eigenvalue weighted by Crippen LogP contribution is -2.08. The summed E-state index contributed by atoms with van der Waals surface area (Å²) in [4.78, 5) is 0. The van der Waals surface area contributed by atoms with Crippen LogP contribution in [0.5, 0.6) is 0 Å². The molecule has 0 spiro atoms. The van der Waals surface area contributed by atoms with Crippen LogP contribution in [-0.2, 0) is 0 Å². The van der Waals surface area contributed by atoms with Gasteiger partial charge in [0.25, 0.3) is 0 Å². The molecule has 0 aliphatic carbocycles. The van der Waals surface area contributed by atoms with Crippen molar-refractivity contribution in [1.29, 1.82) is 0 Å². The first-order valence-corrected chi connectivity index (χ1v) is 6.36. The number of nitrogens with one attached hydrogen (secondary N) is 1. The molecule has 0 saturated carbocycles. The maximum Gasteiger partial charge on any atom is 0.194 e. The fourth-order valence-corrected chi connectivity index (χ4v) is 2.01. The maximum absolute atomic E-state index is 13.2. The third kappa shape index (κ3) is 2.95. The molecule has 1 unspecified atom stereocenters. The third-order valence-corrected chi connectivity index (χ3v) is 3.40. The second-order valence-corrected chi connectivity index (χ2v) is 4.96. The van der Waals surface area contributed by atoms with Crippen LogP contribution in [0.15, 0.2) is 30.3 Å². The van der Waals surface area contributed by atoms with Gasteiger partial charge in [-0.25, -0.2) is 13.2 Å². The molecule has 1 nitrogen and oxygen atoms in total.